The molecule has 0 aromatic heterocycles. The van der Waals surface area contributed by atoms with Crippen molar-refractivity contribution < 1.29 is 0 Å². The summed E-state index contributed by atoms with van der Waals surface area (Å²) in [6.07, 6.45) is 4.13. The fraction of sp³-hybridized carbons (Fsp3) is 0.600. The van der Waals surface area contributed by atoms with Crippen LogP contribution >= 0.6 is 0 Å². The number of nitrogens with zero attached hydrogens (tertiary/aromatic N) is 1. The summed E-state index contributed by atoms with van der Waals surface area (Å²) >= 11 is 0. The Labute approximate surface area is 99.5 Å². The van der Waals surface area contributed by atoms with Gasteiger partial charge in [0.05, 0.1) is 0 Å². The Bertz CT molecular complexity index is 306. The summed E-state index contributed by atoms with van der Waals surface area (Å²) in [6, 6.07) is 11.5. The van der Waals surface area contributed by atoms with E-state index in [1.165, 1.54) is 37.9 Å². The molecule has 1 fully saturated rings. The lowest BCUT2D eigenvalue weighted by molar-refractivity contribution is 0.250. The molecule has 0 saturated carbocycles. The fourth-order valence-corrected chi connectivity index (χ4v) is 2.80. The van der Waals surface area contributed by atoms with E-state index in [2.05, 4.69) is 49.1 Å². The van der Waals surface area contributed by atoms with Gasteiger partial charge in [-0.1, -0.05) is 43.7 Å². The maximum Gasteiger partial charge on any atom is 0.0319 e. The average molecular weight is 217 g/mol. The van der Waals surface area contributed by atoms with Crippen LogP contribution in [0.2, 0.25) is 0 Å². The Hall–Kier alpha value is -0.820. The van der Waals surface area contributed by atoms with Crippen molar-refractivity contribution in [2.24, 2.45) is 5.92 Å². The van der Waals surface area contributed by atoms with Gasteiger partial charge in [0.25, 0.3) is 0 Å². The van der Waals surface area contributed by atoms with Gasteiger partial charge in [0.2, 0.25) is 0 Å². The van der Waals surface area contributed by atoms with Crippen LogP contribution in [0.3, 0.4) is 0 Å². The van der Waals surface area contributed by atoms with Crippen LogP contribution < -0.4 is 0 Å². The van der Waals surface area contributed by atoms with Gasteiger partial charge >= 0.3 is 0 Å². The molecule has 1 heterocycles. The molecule has 88 valence electrons. The minimum absolute atomic E-state index is 0.586. The van der Waals surface area contributed by atoms with Crippen molar-refractivity contribution in [3.63, 3.8) is 0 Å². The number of benzene rings is 1. The largest absolute Gasteiger partial charge is 0.296 e. The summed E-state index contributed by atoms with van der Waals surface area (Å²) < 4.78 is 0. The maximum atomic E-state index is 2.63. The number of hydrogen-bond acceptors (Lipinski definition) is 1. The molecule has 1 aromatic carbocycles. The van der Waals surface area contributed by atoms with E-state index in [4.69, 9.17) is 0 Å². The second-order valence-corrected chi connectivity index (χ2v) is 5.02. The molecule has 0 amide bonds. The monoisotopic (exact) mass is 217 g/mol. The molecule has 16 heavy (non-hydrogen) atoms. The topological polar surface area (TPSA) is 3.24 Å². The fourth-order valence-electron chi connectivity index (χ4n) is 2.80. The van der Waals surface area contributed by atoms with Crippen LogP contribution in [0.1, 0.15) is 44.7 Å². The van der Waals surface area contributed by atoms with Gasteiger partial charge in [-0.25, -0.2) is 0 Å². The zero-order valence-electron chi connectivity index (χ0n) is 10.5. The van der Waals surface area contributed by atoms with Crippen molar-refractivity contribution in [2.45, 2.75) is 39.2 Å². The molecular formula is C15H23N. The molecule has 2 rings (SSSR count). The predicted molar refractivity (Wildman–Crippen MR) is 69.4 cm³/mol. The second-order valence-electron chi connectivity index (χ2n) is 5.02. The number of likely N-dealkylation sites (tertiary alicyclic amines) is 1. The highest BCUT2D eigenvalue weighted by Gasteiger charge is 2.25. The lowest BCUT2D eigenvalue weighted by Gasteiger charge is -2.24. The third kappa shape index (κ3) is 2.65. The van der Waals surface area contributed by atoms with Crippen LogP contribution in [0.15, 0.2) is 30.3 Å². The van der Waals surface area contributed by atoms with Crippen molar-refractivity contribution in [2.75, 3.05) is 13.1 Å². The van der Waals surface area contributed by atoms with Gasteiger partial charge in [-0.15, -0.1) is 0 Å². The number of hydrogen-bond donors (Lipinski definition) is 0. The van der Waals surface area contributed by atoms with Gasteiger partial charge < -0.3 is 0 Å². The summed E-state index contributed by atoms with van der Waals surface area (Å²) in [5.74, 6) is 0.941. The van der Waals surface area contributed by atoms with Crippen LogP contribution in [0.4, 0.5) is 0 Å². The third-order valence-corrected chi connectivity index (χ3v) is 3.84. The second kappa shape index (κ2) is 5.49. The minimum Gasteiger partial charge on any atom is -0.296 e. The van der Waals surface area contributed by atoms with Crippen LogP contribution in [-0.4, -0.2) is 18.0 Å². The van der Waals surface area contributed by atoms with E-state index >= 15 is 0 Å². The summed E-state index contributed by atoms with van der Waals surface area (Å²) in [4.78, 5) is 2.63. The highest BCUT2D eigenvalue weighted by atomic mass is 15.2. The lowest BCUT2D eigenvalue weighted by atomic mass is 10.0. The maximum absolute atomic E-state index is 2.63. The summed E-state index contributed by atoms with van der Waals surface area (Å²) in [6.45, 7) is 7.21. The Morgan fingerprint density at radius 1 is 1.31 bits per heavy atom. The van der Waals surface area contributed by atoms with Gasteiger partial charge in [-0.05, 0) is 37.8 Å². The van der Waals surface area contributed by atoms with Crippen LogP contribution in [0, 0.1) is 5.92 Å². The summed E-state index contributed by atoms with van der Waals surface area (Å²) in [7, 11) is 0. The average Bonchev–Trinajstić information content (AvgIpc) is 2.78. The lowest BCUT2D eigenvalue weighted by Crippen LogP contribution is -2.24. The van der Waals surface area contributed by atoms with Crippen molar-refractivity contribution in [3.05, 3.63) is 35.9 Å². The van der Waals surface area contributed by atoms with E-state index in [-0.39, 0.29) is 0 Å². The van der Waals surface area contributed by atoms with Crippen molar-refractivity contribution in [1.82, 2.24) is 4.90 Å². The van der Waals surface area contributed by atoms with E-state index in [0.29, 0.717) is 6.04 Å². The van der Waals surface area contributed by atoms with Crippen molar-refractivity contribution in [3.8, 4) is 0 Å². The Balaban J connectivity index is 1.94. The van der Waals surface area contributed by atoms with E-state index in [1.807, 2.05) is 0 Å². The Morgan fingerprint density at radius 2 is 2.06 bits per heavy atom. The molecule has 1 aromatic rings. The summed E-state index contributed by atoms with van der Waals surface area (Å²) in [5, 5.41) is 0. The molecule has 2 atom stereocenters. The van der Waals surface area contributed by atoms with Crippen molar-refractivity contribution >= 4 is 0 Å². The van der Waals surface area contributed by atoms with Crippen LogP contribution in [-0.2, 0) is 0 Å². The Kier molecular flexibility index (Phi) is 4.00. The molecule has 0 unspecified atom stereocenters. The molecule has 1 aliphatic rings. The summed E-state index contributed by atoms with van der Waals surface area (Å²) in [5.41, 5.74) is 1.46. The van der Waals surface area contributed by atoms with Gasteiger partial charge in [0, 0.05) is 12.6 Å². The standard InChI is InChI=1S/C15H23N/c1-3-7-14-10-11-16(12-14)13(2)15-8-5-4-6-9-15/h4-6,8-9,13-14H,3,7,10-12H2,1-2H3/t13-,14-/m0/s1. The van der Waals surface area contributed by atoms with Gasteiger partial charge in [-0.2, -0.15) is 0 Å². The molecule has 0 spiro atoms. The normalized spacial score (nSPS) is 23.5. The zero-order chi connectivity index (χ0) is 11.4. The first-order chi connectivity index (χ1) is 7.81. The quantitative estimate of drug-likeness (QED) is 0.740. The Morgan fingerprint density at radius 3 is 2.75 bits per heavy atom. The van der Waals surface area contributed by atoms with Crippen LogP contribution in [0.5, 0.6) is 0 Å². The first kappa shape index (κ1) is 11.7. The molecule has 1 aliphatic heterocycles. The molecule has 1 nitrogen and oxygen atoms in total. The third-order valence-electron chi connectivity index (χ3n) is 3.84. The minimum atomic E-state index is 0.586. The highest BCUT2D eigenvalue weighted by molar-refractivity contribution is 5.18. The van der Waals surface area contributed by atoms with E-state index in [1.54, 1.807) is 0 Å². The number of rotatable bonds is 4. The SMILES string of the molecule is CCC[C@H]1CCN([C@@H](C)c2ccccc2)C1. The first-order valence-corrected chi connectivity index (χ1v) is 6.60. The van der Waals surface area contributed by atoms with Crippen LogP contribution in [0.25, 0.3) is 0 Å². The highest BCUT2D eigenvalue weighted by Crippen LogP contribution is 2.29. The molecule has 1 heteroatoms. The van der Waals surface area contributed by atoms with E-state index < -0.39 is 0 Å². The molecule has 0 N–H and O–H groups in total. The van der Waals surface area contributed by atoms with Crippen molar-refractivity contribution in [1.29, 1.82) is 0 Å². The van der Waals surface area contributed by atoms with Gasteiger partial charge in [-0.3, -0.25) is 4.90 Å². The molecule has 1 saturated heterocycles. The predicted octanol–water partition coefficient (Wildman–Crippen LogP) is 3.87. The smallest absolute Gasteiger partial charge is 0.0319 e. The molecule has 0 aliphatic carbocycles. The van der Waals surface area contributed by atoms with Gasteiger partial charge in [0.1, 0.15) is 0 Å². The zero-order valence-corrected chi connectivity index (χ0v) is 10.5. The molecule has 0 bridgehead atoms. The first-order valence-electron chi connectivity index (χ1n) is 6.60. The van der Waals surface area contributed by atoms with Gasteiger partial charge in [0.15, 0.2) is 0 Å². The molecular weight excluding hydrogens is 194 g/mol. The molecule has 0 radical (unpaired) electrons. The van der Waals surface area contributed by atoms with E-state index in [9.17, 15) is 0 Å². The van der Waals surface area contributed by atoms with E-state index in [0.717, 1.165) is 5.92 Å².